The van der Waals surface area contributed by atoms with E-state index in [1.54, 1.807) is 26.8 Å². The molecule has 0 aromatic carbocycles. The molecule has 1 unspecified atom stereocenters. The highest BCUT2D eigenvalue weighted by atomic mass is 19.3. The number of nitrogens with one attached hydrogen (secondary N) is 2. The van der Waals surface area contributed by atoms with Gasteiger partial charge in [0.05, 0.1) is 6.04 Å². The van der Waals surface area contributed by atoms with Crippen molar-refractivity contribution < 1.29 is 31.9 Å². The van der Waals surface area contributed by atoms with Crippen molar-refractivity contribution in [3.05, 3.63) is 47.3 Å². The molecule has 0 fully saturated rings. The molecule has 1 atom stereocenters. The molecule has 2 aromatic rings. The third-order valence-corrected chi connectivity index (χ3v) is 4.42. The van der Waals surface area contributed by atoms with Gasteiger partial charge in [-0.3, -0.25) is 9.59 Å². The lowest BCUT2D eigenvalue weighted by Crippen LogP contribution is -2.34. The monoisotopic (exact) mass is 456 g/mol. The van der Waals surface area contributed by atoms with E-state index in [-0.39, 0.29) is 29.1 Å². The maximum Gasteiger partial charge on any atom is 0.340 e. The molecular formula is C21H24F4N4O3. The molecule has 32 heavy (non-hydrogen) atoms. The predicted octanol–water partition coefficient (Wildman–Crippen LogP) is 4.15. The summed E-state index contributed by atoms with van der Waals surface area (Å²) in [6, 6.07) is 3.95. The van der Waals surface area contributed by atoms with Crippen molar-refractivity contribution in [2.45, 2.75) is 46.1 Å². The first kappa shape index (κ1) is 25.0. The SMILES string of the molecule is Cc1cc(C(C)NC(=O)c2ccnc(NC(=O)C(C)C)c2)cnc1OCC(F)(F)C(F)F. The van der Waals surface area contributed by atoms with Crippen LogP contribution in [0.2, 0.25) is 0 Å². The van der Waals surface area contributed by atoms with E-state index in [1.807, 2.05) is 0 Å². The number of carbonyl (C=O) groups is 2. The van der Waals surface area contributed by atoms with Crippen LogP contribution in [0, 0.1) is 12.8 Å². The van der Waals surface area contributed by atoms with Crippen molar-refractivity contribution in [3.8, 4) is 5.88 Å². The average molecular weight is 456 g/mol. The van der Waals surface area contributed by atoms with Gasteiger partial charge in [-0.25, -0.2) is 18.7 Å². The van der Waals surface area contributed by atoms with E-state index in [1.165, 1.54) is 31.5 Å². The van der Waals surface area contributed by atoms with E-state index in [2.05, 4.69) is 20.6 Å². The van der Waals surface area contributed by atoms with Crippen LogP contribution in [0.25, 0.3) is 0 Å². The average Bonchev–Trinajstić information content (AvgIpc) is 2.72. The number of alkyl halides is 4. The van der Waals surface area contributed by atoms with Gasteiger partial charge in [-0.05, 0) is 37.6 Å². The minimum Gasteiger partial charge on any atom is -0.471 e. The lowest BCUT2D eigenvalue weighted by atomic mass is 10.1. The predicted molar refractivity (Wildman–Crippen MR) is 109 cm³/mol. The fraction of sp³-hybridized carbons (Fsp3) is 0.429. The van der Waals surface area contributed by atoms with Crippen molar-refractivity contribution in [1.82, 2.24) is 15.3 Å². The van der Waals surface area contributed by atoms with Gasteiger partial charge in [0.25, 0.3) is 5.91 Å². The molecule has 0 aliphatic carbocycles. The zero-order valence-electron chi connectivity index (χ0n) is 18.0. The quantitative estimate of drug-likeness (QED) is 0.553. The Morgan fingerprint density at radius 2 is 1.84 bits per heavy atom. The normalized spacial score (nSPS) is 12.6. The lowest BCUT2D eigenvalue weighted by Gasteiger charge is -2.18. The highest BCUT2D eigenvalue weighted by Crippen LogP contribution is 2.26. The van der Waals surface area contributed by atoms with Crippen molar-refractivity contribution in [2.75, 3.05) is 11.9 Å². The van der Waals surface area contributed by atoms with E-state index < -0.39 is 30.9 Å². The summed E-state index contributed by atoms with van der Waals surface area (Å²) in [6.45, 7) is 5.16. The molecule has 7 nitrogen and oxygen atoms in total. The molecule has 0 aliphatic heterocycles. The summed E-state index contributed by atoms with van der Waals surface area (Å²) in [5.41, 5.74) is 1.16. The first-order valence-corrected chi connectivity index (χ1v) is 9.73. The Morgan fingerprint density at radius 3 is 2.44 bits per heavy atom. The van der Waals surface area contributed by atoms with E-state index in [4.69, 9.17) is 4.74 Å². The number of anilines is 1. The minimum absolute atomic E-state index is 0.202. The molecular weight excluding hydrogens is 432 g/mol. The fourth-order valence-corrected chi connectivity index (χ4v) is 2.47. The van der Waals surface area contributed by atoms with Crippen molar-refractivity contribution in [3.63, 3.8) is 0 Å². The molecule has 0 spiro atoms. The van der Waals surface area contributed by atoms with Crippen molar-refractivity contribution >= 4 is 17.6 Å². The number of halogens is 4. The van der Waals surface area contributed by atoms with Gasteiger partial charge in [0.2, 0.25) is 11.8 Å². The number of aromatic nitrogens is 2. The largest absolute Gasteiger partial charge is 0.471 e. The van der Waals surface area contributed by atoms with Crippen molar-refractivity contribution in [1.29, 1.82) is 0 Å². The molecule has 11 heteroatoms. The third-order valence-electron chi connectivity index (χ3n) is 4.42. The molecule has 0 aliphatic rings. The van der Waals surface area contributed by atoms with Crippen LogP contribution in [-0.2, 0) is 4.79 Å². The summed E-state index contributed by atoms with van der Waals surface area (Å²) >= 11 is 0. The van der Waals surface area contributed by atoms with Crippen LogP contribution in [0.1, 0.15) is 48.3 Å². The Balaban J connectivity index is 2.04. The molecule has 0 radical (unpaired) electrons. The number of hydrogen-bond acceptors (Lipinski definition) is 5. The van der Waals surface area contributed by atoms with Gasteiger partial charge >= 0.3 is 12.3 Å². The Morgan fingerprint density at radius 1 is 1.16 bits per heavy atom. The Bertz CT molecular complexity index is 970. The summed E-state index contributed by atoms with van der Waals surface area (Å²) < 4.78 is 55.3. The molecule has 174 valence electrons. The highest BCUT2D eigenvalue weighted by molar-refractivity contribution is 5.97. The number of rotatable bonds is 9. The van der Waals surface area contributed by atoms with E-state index >= 15 is 0 Å². The standard InChI is InChI=1S/C21H24F4N4O3/c1-11(2)17(30)29-16-8-14(5-6-26-16)18(31)28-13(4)15-7-12(3)19(27-9-15)32-10-21(24,25)20(22)23/h5-9,11,13,20H,10H2,1-4H3,(H,28,31)(H,26,29,30). The van der Waals surface area contributed by atoms with Crippen LogP contribution >= 0.6 is 0 Å². The van der Waals surface area contributed by atoms with Crippen LogP contribution in [0.4, 0.5) is 23.4 Å². The first-order chi connectivity index (χ1) is 14.9. The summed E-state index contributed by atoms with van der Waals surface area (Å²) in [5.74, 6) is -5.17. The molecule has 0 bridgehead atoms. The Kier molecular flexibility index (Phi) is 8.12. The van der Waals surface area contributed by atoms with E-state index in [0.29, 0.717) is 11.1 Å². The summed E-state index contributed by atoms with van der Waals surface area (Å²) in [4.78, 5) is 32.3. The second kappa shape index (κ2) is 10.4. The zero-order valence-corrected chi connectivity index (χ0v) is 18.0. The van der Waals surface area contributed by atoms with Crippen LogP contribution < -0.4 is 15.4 Å². The Labute approximate surface area is 182 Å². The van der Waals surface area contributed by atoms with Gasteiger partial charge in [-0.15, -0.1) is 0 Å². The zero-order chi connectivity index (χ0) is 24.1. The molecule has 0 saturated carbocycles. The fourth-order valence-electron chi connectivity index (χ4n) is 2.47. The second-order valence-corrected chi connectivity index (χ2v) is 7.51. The lowest BCUT2D eigenvalue weighted by molar-refractivity contribution is -0.148. The number of aryl methyl sites for hydroxylation is 1. The van der Waals surface area contributed by atoms with Crippen LogP contribution in [0.5, 0.6) is 5.88 Å². The molecule has 2 amide bonds. The van der Waals surface area contributed by atoms with Gasteiger partial charge in [0.1, 0.15) is 5.82 Å². The maximum atomic E-state index is 13.0. The first-order valence-electron chi connectivity index (χ1n) is 9.73. The molecule has 2 aromatic heterocycles. The maximum absolute atomic E-state index is 13.0. The highest BCUT2D eigenvalue weighted by Gasteiger charge is 2.42. The number of carbonyl (C=O) groups excluding carboxylic acids is 2. The number of nitrogens with zero attached hydrogens (tertiary/aromatic N) is 2. The third kappa shape index (κ3) is 6.63. The molecule has 2 N–H and O–H groups in total. The van der Waals surface area contributed by atoms with Crippen LogP contribution in [0.3, 0.4) is 0 Å². The second-order valence-electron chi connectivity index (χ2n) is 7.51. The van der Waals surface area contributed by atoms with Gasteiger partial charge in [0, 0.05) is 29.4 Å². The van der Waals surface area contributed by atoms with Gasteiger partial charge in [0.15, 0.2) is 6.61 Å². The Hall–Kier alpha value is -3.24. The van der Waals surface area contributed by atoms with Crippen LogP contribution in [-0.4, -0.2) is 40.7 Å². The van der Waals surface area contributed by atoms with Gasteiger partial charge in [-0.2, -0.15) is 8.78 Å². The summed E-state index contributed by atoms with van der Waals surface area (Å²) in [6.07, 6.45) is -1.15. The van der Waals surface area contributed by atoms with E-state index in [0.717, 1.165) is 0 Å². The smallest absolute Gasteiger partial charge is 0.340 e. The summed E-state index contributed by atoms with van der Waals surface area (Å²) in [5, 5.41) is 5.36. The van der Waals surface area contributed by atoms with Crippen molar-refractivity contribution in [2.24, 2.45) is 5.92 Å². The summed E-state index contributed by atoms with van der Waals surface area (Å²) in [7, 11) is 0. The topological polar surface area (TPSA) is 93.2 Å². The van der Waals surface area contributed by atoms with Gasteiger partial charge in [-0.1, -0.05) is 13.8 Å². The molecule has 0 saturated heterocycles. The minimum atomic E-state index is -4.29. The number of pyridine rings is 2. The molecule has 2 heterocycles. The molecule has 2 rings (SSSR count). The number of ether oxygens (including phenoxy) is 1. The van der Waals surface area contributed by atoms with E-state index in [9.17, 15) is 27.2 Å². The number of hydrogen-bond donors (Lipinski definition) is 2. The number of amides is 2. The van der Waals surface area contributed by atoms with Gasteiger partial charge < -0.3 is 15.4 Å². The van der Waals surface area contributed by atoms with Crippen LogP contribution in [0.15, 0.2) is 30.6 Å².